The highest BCUT2D eigenvalue weighted by Crippen LogP contribution is 2.13. The molecule has 2 rings (SSSR count). The average molecular weight is 264 g/mol. The summed E-state index contributed by atoms with van der Waals surface area (Å²) < 4.78 is 5.45. The van der Waals surface area contributed by atoms with E-state index < -0.39 is 0 Å². The first-order valence-corrected chi connectivity index (χ1v) is 6.75. The minimum Gasteiger partial charge on any atom is -0.478 e. The number of hydrogen-bond acceptors (Lipinski definition) is 6. The van der Waals surface area contributed by atoms with Crippen LogP contribution in [0.25, 0.3) is 0 Å². The van der Waals surface area contributed by atoms with Crippen molar-refractivity contribution in [1.82, 2.24) is 15.0 Å². The van der Waals surface area contributed by atoms with Crippen LogP contribution in [0.15, 0.2) is 17.8 Å². The van der Waals surface area contributed by atoms with E-state index in [9.17, 15) is 0 Å². The Morgan fingerprint density at radius 2 is 2.28 bits per heavy atom. The lowest BCUT2D eigenvalue weighted by Crippen LogP contribution is -2.03. The predicted octanol–water partition coefficient (Wildman–Crippen LogP) is 2.64. The molecule has 0 aromatic carbocycles. The molecule has 0 aliphatic rings. The fraction of sp³-hybridized carbons (Fsp3) is 0.417. The molecule has 96 valence electrons. The predicted molar refractivity (Wildman–Crippen MR) is 72.0 cm³/mol. The number of aromatic nitrogens is 3. The van der Waals surface area contributed by atoms with Crippen LogP contribution >= 0.6 is 11.3 Å². The summed E-state index contributed by atoms with van der Waals surface area (Å²) in [5, 5.41) is 6.31. The van der Waals surface area contributed by atoms with E-state index in [2.05, 4.69) is 27.2 Å². The maximum Gasteiger partial charge on any atom is 0.218 e. The largest absolute Gasteiger partial charge is 0.478 e. The van der Waals surface area contributed by atoms with Crippen molar-refractivity contribution in [2.75, 3.05) is 11.9 Å². The molecule has 18 heavy (non-hydrogen) atoms. The number of aryl methyl sites for hydroxylation is 1. The molecule has 2 aromatic rings. The Morgan fingerprint density at radius 3 is 3.00 bits per heavy atom. The molecule has 0 atom stereocenters. The third-order valence-corrected chi connectivity index (χ3v) is 3.04. The zero-order valence-corrected chi connectivity index (χ0v) is 11.3. The second kappa shape index (κ2) is 6.30. The van der Waals surface area contributed by atoms with Gasteiger partial charge in [-0.2, -0.15) is 0 Å². The van der Waals surface area contributed by atoms with Gasteiger partial charge in [0, 0.05) is 11.4 Å². The molecule has 2 aromatic heterocycles. The Kier molecular flexibility index (Phi) is 4.46. The first-order valence-electron chi connectivity index (χ1n) is 5.87. The minimum atomic E-state index is 0.601. The van der Waals surface area contributed by atoms with E-state index in [0.717, 1.165) is 22.9 Å². The molecule has 0 unspecified atom stereocenters. The normalized spacial score (nSPS) is 10.3. The lowest BCUT2D eigenvalue weighted by Gasteiger charge is -2.06. The summed E-state index contributed by atoms with van der Waals surface area (Å²) in [4.78, 5) is 12.6. The Morgan fingerprint density at radius 1 is 1.39 bits per heavy atom. The summed E-state index contributed by atoms with van der Waals surface area (Å²) in [6.07, 6.45) is 2.46. The molecule has 0 aliphatic heterocycles. The van der Waals surface area contributed by atoms with Gasteiger partial charge in [-0.25, -0.2) is 15.0 Å². The molecule has 0 saturated heterocycles. The Balaban J connectivity index is 1.92. The van der Waals surface area contributed by atoms with E-state index in [1.807, 2.05) is 12.3 Å². The van der Waals surface area contributed by atoms with Gasteiger partial charge in [0.15, 0.2) is 0 Å². The van der Waals surface area contributed by atoms with Crippen molar-refractivity contribution in [3.63, 3.8) is 0 Å². The average Bonchev–Trinajstić information content (AvgIpc) is 2.80. The summed E-state index contributed by atoms with van der Waals surface area (Å²) in [6.45, 7) is 5.39. The van der Waals surface area contributed by atoms with Crippen LogP contribution in [0, 0.1) is 6.92 Å². The molecule has 0 radical (unpaired) electrons. The van der Waals surface area contributed by atoms with Crippen LogP contribution in [0.2, 0.25) is 0 Å². The zero-order chi connectivity index (χ0) is 12.8. The van der Waals surface area contributed by atoms with Gasteiger partial charge in [-0.1, -0.05) is 6.92 Å². The van der Waals surface area contributed by atoms with Crippen LogP contribution in [-0.4, -0.2) is 21.6 Å². The second-order valence-corrected chi connectivity index (χ2v) is 4.86. The van der Waals surface area contributed by atoms with Crippen molar-refractivity contribution in [2.24, 2.45) is 0 Å². The molecule has 0 aliphatic carbocycles. The molecule has 5 nitrogen and oxygen atoms in total. The summed E-state index contributed by atoms with van der Waals surface area (Å²) in [5.41, 5.74) is 1.02. The van der Waals surface area contributed by atoms with Crippen LogP contribution in [0.3, 0.4) is 0 Å². The van der Waals surface area contributed by atoms with Gasteiger partial charge in [0.05, 0.1) is 23.9 Å². The quantitative estimate of drug-likeness (QED) is 0.869. The Labute approximate surface area is 110 Å². The molecule has 6 heteroatoms. The summed E-state index contributed by atoms with van der Waals surface area (Å²) >= 11 is 1.65. The van der Waals surface area contributed by atoms with Gasteiger partial charge in [0.1, 0.15) is 12.1 Å². The highest BCUT2D eigenvalue weighted by molar-refractivity contribution is 7.09. The lowest BCUT2D eigenvalue weighted by molar-refractivity contribution is 0.305. The van der Waals surface area contributed by atoms with Crippen LogP contribution in [0.4, 0.5) is 5.82 Å². The van der Waals surface area contributed by atoms with Crippen molar-refractivity contribution in [1.29, 1.82) is 0 Å². The monoisotopic (exact) mass is 264 g/mol. The van der Waals surface area contributed by atoms with Gasteiger partial charge >= 0.3 is 0 Å². The van der Waals surface area contributed by atoms with Crippen molar-refractivity contribution >= 4 is 17.2 Å². The third-order valence-electron chi connectivity index (χ3n) is 2.21. The first-order chi connectivity index (χ1) is 8.78. The van der Waals surface area contributed by atoms with Gasteiger partial charge in [-0.3, -0.25) is 0 Å². The smallest absolute Gasteiger partial charge is 0.218 e. The lowest BCUT2D eigenvalue weighted by atomic mass is 10.4. The van der Waals surface area contributed by atoms with Crippen LogP contribution in [0.5, 0.6) is 5.88 Å². The maximum atomic E-state index is 5.45. The SMILES string of the molecule is CCCOc1cc(NCc2csc(C)n2)ncn1. The van der Waals surface area contributed by atoms with Gasteiger partial charge in [-0.15, -0.1) is 11.3 Å². The Hall–Kier alpha value is -1.69. The number of hydrogen-bond donors (Lipinski definition) is 1. The summed E-state index contributed by atoms with van der Waals surface area (Å²) in [7, 11) is 0. The zero-order valence-electron chi connectivity index (χ0n) is 10.5. The molecule has 0 spiro atoms. The molecule has 1 N–H and O–H groups in total. The van der Waals surface area contributed by atoms with E-state index >= 15 is 0 Å². The second-order valence-electron chi connectivity index (χ2n) is 3.80. The molecule has 0 amide bonds. The van der Waals surface area contributed by atoms with Gasteiger partial charge < -0.3 is 10.1 Å². The molecule has 2 heterocycles. The summed E-state index contributed by atoms with van der Waals surface area (Å²) in [5.74, 6) is 1.35. The molecule has 0 saturated carbocycles. The van der Waals surface area contributed by atoms with Crippen LogP contribution in [0.1, 0.15) is 24.0 Å². The van der Waals surface area contributed by atoms with E-state index in [-0.39, 0.29) is 0 Å². The third kappa shape index (κ3) is 3.66. The molecular weight excluding hydrogens is 248 g/mol. The Bertz CT molecular complexity index is 500. The number of ether oxygens (including phenoxy) is 1. The fourth-order valence-electron chi connectivity index (χ4n) is 1.39. The molecule has 0 bridgehead atoms. The van der Waals surface area contributed by atoms with E-state index in [0.29, 0.717) is 19.0 Å². The highest BCUT2D eigenvalue weighted by atomic mass is 32.1. The van der Waals surface area contributed by atoms with Gasteiger partial charge in [0.25, 0.3) is 0 Å². The standard InChI is InChI=1S/C12H16N4OS/c1-3-4-17-12-5-11(14-8-15-12)13-6-10-7-18-9(2)16-10/h5,7-8H,3-4,6H2,1-2H3,(H,13,14,15). The van der Waals surface area contributed by atoms with Gasteiger partial charge in [-0.05, 0) is 13.3 Å². The number of nitrogens with one attached hydrogen (secondary N) is 1. The van der Waals surface area contributed by atoms with Crippen LogP contribution < -0.4 is 10.1 Å². The number of anilines is 1. The summed E-state index contributed by atoms with van der Waals surface area (Å²) in [6, 6.07) is 1.80. The topological polar surface area (TPSA) is 59.9 Å². The highest BCUT2D eigenvalue weighted by Gasteiger charge is 2.01. The van der Waals surface area contributed by atoms with E-state index in [4.69, 9.17) is 4.74 Å². The van der Waals surface area contributed by atoms with Crippen molar-refractivity contribution in [3.8, 4) is 5.88 Å². The minimum absolute atomic E-state index is 0.601. The van der Waals surface area contributed by atoms with Gasteiger partial charge in [0.2, 0.25) is 5.88 Å². The van der Waals surface area contributed by atoms with Crippen molar-refractivity contribution < 1.29 is 4.74 Å². The van der Waals surface area contributed by atoms with Crippen molar-refractivity contribution in [2.45, 2.75) is 26.8 Å². The van der Waals surface area contributed by atoms with Crippen LogP contribution in [-0.2, 0) is 6.54 Å². The molecule has 0 fully saturated rings. The fourth-order valence-corrected chi connectivity index (χ4v) is 2.00. The first kappa shape index (κ1) is 12.8. The maximum absolute atomic E-state index is 5.45. The van der Waals surface area contributed by atoms with E-state index in [1.165, 1.54) is 6.33 Å². The number of thiazole rings is 1. The number of nitrogens with zero attached hydrogens (tertiary/aromatic N) is 3. The van der Waals surface area contributed by atoms with E-state index in [1.54, 1.807) is 17.4 Å². The van der Waals surface area contributed by atoms with Crippen molar-refractivity contribution in [3.05, 3.63) is 28.5 Å². The number of rotatable bonds is 6. The molecular formula is C12H16N4OS.